The van der Waals surface area contributed by atoms with E-state index in [-0.39, 0.29) is 12.1 Å². The van der Waals surface area contributed by atoms with E-state index in [0.29, 0.717) is 0 Å². The first kappa shape index (κ1) is 10.7. The smallest absolute Gasteiger partial charge is 0.131 e. The lowest BCUT2D eigenvalue weighted by Crippen LogP contribution is -1.94. The van der Waals surface area contributed by atoms with E-state index in [1.54, 1.807) is 18.2 Å². The van der Waals surface area contributed by atoms with Crippen LogP contribution in [0.15, 0.2) is 49.0 Å². The molecule has 1 unspecified atom stereocenters. The molecule has 0 aliphatic heterocycles. The van der Waals surface area contributed by atoms with Crippen LogP contribution in [0, 0.1) is 5.92 Å². The first-order valence-corrected chi connectivity index (χ1v) is 3.67. The van der Waals surface area contributed by atoms with Crippen LogP contribution in [0.5, 0.6) is 0 Å². The molecule has 1 nitrogen and oxygen atoms in total. The van der Waals surface area contributed by atoms with Crippen molar-refractivity contribution in [1.29, 1.82) is 0 Å². The van der Waals surface area contributed by atoms with Gasteiger partial charge < -0.3 is 5.11 Å². The Morgan fingerprint density at radius 1 is 1.50 bits per heavy atom. The van der Waals surface area contributed by atoms with Crippen LogP contribution in [0.3, 0.4) is 0 Å². The lowest BCUT2D eigenvalue weighted by molar-refractivity contribution is 0.362. The predicted octanol–water partition coefficient (Wildman–Crippen LogP) is 3.29. The molecule has 0 saturated carbocycles. The Morgan fingerprint density at radius 2 is 2.17 bits per heavy atom. The molecule has 0 fully saturated rings. The number of hydrogen-bond donors (Lipinski definition) is 1. The zero-order valence-corrected chi connectivity index (χ0v) is 7.07. The van der Waals surface area contributed by atoms with Crippen molar-refractivity contribution in [2.24, 2.45) is 5.92 Å². The molecule has 66 valence electrons. The van der Waals surface area contributed by atoms with E-state index < -0.39 is 5.92 Å². The maximum atomic E-state index is 11.8. The highest BCUT2D eigenvalue weighted by atomic mass is 19.1. The number of rotatable bonds is 4. The van der Waals surface area contributed by atoms with Crippen LogP contribution in [-0.2, 0) is 0 Å². The lowest BCUT2D eigenvalue weighted by atomic mass is 10.1. The number of hydrogen-bond acceptors (Lipinski definition) is 1. The fourth-order valence-electron chi connectivity index (χ4n) is 0.666. The maximum Gasteiger partial charge on any atom is 0.131 e. The molecule has 0 spiro atoms. The van der Waals surface area contributed by atoms with Crippen molar-refractivity contribution in [3.63, 3.8) is 0 Å². The largest absolute Gasteiger partial charge is 0.509 e. The van der Waals surface area contributed by atoms with Gasteiger partial charge in [0.25, 0.3) is 0 Å². The molecule has 0 aromatic carbocycles. The Kier molecular flexibility index (Phi) is 5.70. The van der Waals surface area contributed by atoms with Crippen molar-refractivity contribution in [2.75, 3.05) is 0 Å². The summed E-state index contributed by atoms with van der Waals surface area (Å²) in [6.45, 7) is 5.34. The molecule has 0 aromatic heterocycles. The van der Waals surface area contributed by atoms with Gasteiger partial charge in [0.05, 0.1) is 5.92 Å². The van der Waals surface area contributed by atoms with Gasteiger partial charge >= 0.3 is 0 Å². The standard InChI is InChI=1S/C10H13FO/c1-3-5-6-7-9(4-2)10(12)8-11/h3-9,12H,2H2,1H3/b5-3-,7-6?,10-8-. The van der Waals surface area contributed by atoms with Crippen LogP contribution in [0.2, 0.25) is 0 Å². The van der Waals surface area contributed by atoms with Crippen LogP contribution in [-0.4, -0.2) is 5.11 Å². The summed E-state index contributed by atoms with van der Waals surface area (Å²) in [7, 11) is 0. The molecule has 12 heavy (non-hydrogen) atoms. The fourth-order valence-corrected chi connectivity index (χ4v) is 0.666. The first-order chi connectivity index (χ1) is 5.76. The summed E-state index contributed by atoms with van der Waals surface area (Å²) in [5.41, 5.74) is 0. The molecule has 0 aromatic rings. The van der Waals surface area contributed by atoms with E-state index in [0.717, 1.165) is 0 Å². The van der Waals surface area contributed by atoms with Gasteiger partial charge in [-0.25, -0.2) is 4.39 Å². The van der Waals surface area contributed by atoms with Gasteiger partial charge in [0, 0.05) is 0 Å². The molecule has 0 bridgehead atoms. The molecular formula is C10H13FO. The van der Waals surface area contributed by atoms with Crippen molar-refractivity contribution in [3.8, 4) is 0 Å². The molecule has 0 aliphatic carbocycles. The number of aliphatic hydroxyl groups excluding tert-OH is 1. The normalized spacial score (nSPS) is 15.7. The third kappa shape index (κ3) is 3.76. The average Bonchev–Trinajstić information content (AvgIpc) is 2.11. The molecule has 0 saturated heterocycles. The third-order valence-electron chi connectivity index (χ3n) is 1.33. The minimum Gasteiger partial charge on any atom is -0.509 e. The number of allylic oxidation sites excluding steroid dienone is 4. The van der Waals surface area contributed by atoms with Gasteiger partial charge in [-0.05, 0) is 6.92 Å². The summed E-state index contributed by atoms with van der Waals surface area (Å²) < 4.78 is 11.8. The van der Waals surface area contributed by atoms with Crippen molar-refractivity contribution in [2.45, 2.75) is 6.92 Å². The van der Waals surface area contributed by atoms with E-state index >= 15 is 0 Å². The molecular weight excluding hydrogens is 155 g/mol. The second-order valence-electron chi connectivity index (χ2n) is 2.21. The van der Waals surface area contributed by atoms with E-state index in [9.17, 15) is 4.39 Å². The molecule has 0 radical (unpaired) electrons. The Labute approximate surface area is 72.2 Å². The second kappa shape index (κ2) is 6.40. The quantitative estimate of drug-likeness (QED) is 0.388. The minimum absolute atomic E-state index is 0.173. The molecule has 0 heterocycles. The van der Waals surface area contributed by atoms with E-state index in [1.807, 2.05) is 13.0 Å². The summed E-state index contributed by atoms with van der Waals surface area (Å²) in [5.74, 6) is -0.767. The number of halogens is 1. The lowest BCUT2D eigenvalue weighted by Gasteiger charge is -2.02. The average molecular weight is 168 g/mol. The Hall–Kier alpha value is -1.31. The fraction of sp³-hybridized carbons (Fsp3) is 0.200. The van der Waals surface area contributed by atoms with Crippen LogP contribution in [0.25, 0.3) is 0 Å². The number of aliphatic hydroxyl groups is 1. The minimum atomic E-state index is -0.439. The summed E-state index contributed by atoms with van der Waals surface area (Å²) in [6, 6.07) is 0. The summed E-state index contributed by atoms with van der Waals surface area (Å²) >= 11 is 0. The monoisotopic (exact) mass is 168 g/mol. The summed E-state index contributed by atoms with van der Waals surface area (Å²) in [4.78, 5) is 0. The molecule has 0 aliphatic rings. The predicted molar refractivity (Wildman–Crippen MR) is 49.5 cm³/mol. The Morgan fingerprint density at radius 3 is 2.58 bits per heavy atom. The third-order valence-corrected chi connectivity index (χ3v) is 1.33. The first-order valence-electron chi connectivity index (χ1n) is 3.67. The van der Waals surface area contributed by atoms with Crippen LogP contribution < -0.4 is 0 Å². The van der Waals surface area contributed by atoms with E-state index in [1.165, 1.54) is 6.08 Å². The molecule has 1 N–H and O–H groups in total. The van der Waals surface area contributed by atoms with Gasteiger partial charge in [0.2, 0.25) is 0 Å². The molecule has 0 rings (SSSR count). The van der Waals surface area contributed by atoms with E-state index in [4.69, 9.17) is 5.11 Å². The van der Waals surface area contributed by atoms with Crippen LogP contribution in [0.4, 0.5) is 4.39 Å². The second-order valence-corrected chi connectivity index (χ2v) is 2.21. The topological polar surface area (TPSA) is 20.2 Å². The van der Waals surface area contributed by atoms with Gasteiger partial charge in [-0.2, -0.15) is 0 Å². The van der Waals surface area contributed by atoms with Gasteiger partial charge in [-0.15, -0.1) is 6.58 Å². The highest BCUT2D eigenvalue weighted by Gasteiger charge is 2.03. The van der Waals surface area contributed by atoms with Crippen molar-refractivity contribution in [1.82, 2.24) is 0 Å². The SMILES string of the molecule is C=CC(C=C/C=C\C)/C(O)=C/F. The van der Waals surface area contributed by atoms with Gasteiger partial charge in [0.1, 0.15) is 12.1 Å². The molecule has 2 heteroatoms. The highest BCUT2D eigenvalue weighted by molar-refractivity contribution is 5.15. The molecule has 0 amide bonds. The van der Waals surface area contributed by atoms with Gasteiger partial charge in [-0.1, -0.05) is 30.4 Å². The van der Waals surface area contributed by atoms with Crippen molar-refractivity contribution < 1.29 is 9.50 Å². The van der Waals surface area contributed by atoms with Crippen LogP contribution in [0.1, 0.15) is 6.92 Å². The Bertz CT molecular complexity index is 214. The van der Waals surface area contributed by atoms with E-state index in [2.05, 4.69) is 6.58 Å². The maximum absolute atomic E-state index is 11.8. The Balaban J connectivity index is 4.27. The zero-order valence-electron chi connectivity index (χ0n) is 7.07. The van der Waals surface area contributed by atoms with Gasteiger partial charge in [-0.3, -0.25) is 0 Å². The van der Waals surface area contributed by atoms with Gasteiger partial charge in [0.15, 0.2) is 0 Å². The van der Waals surface area contributed by atoms with Crippen molar-refractivity contribution in [3.05, 3.63) is 49.0 Å². The van der Waals surface area contributed by atoms with Crippen molar-refractivity contribution >= 4 is 0 Å². The highest BCUT2D eigenvalue weighted by Crippen LogP contribution is 2.10. The van der Waals surface area contributed by atoms with Crippen LogP contribution >= 0.6 is 0 Å². The summed E-state index contributed by atoms with van der Waals surface area (Å²) in [6.07, 6.45) is 8.65. The zero-order chi connectivity index (χ0) is 9.40. The molecule has 1 atom stereocenters. The summed E-state index contributed by atoms with van der Waals surface area (Å²) in [5, 5.41) is 8.96.